The van der Waals surface area contributed by atoms with Gasteiger partial charge in [0, 0.05) is 21.1 Å². The molecule has 0 aliphatic rings. The number of thiophene rings is 1. The summed E-state index contributed by atoms with van der Waals surface area (Å²) in [5.74, 6) is 1.66. The molecule has 12 heavy (non-hydrogen) atoms. The molecular formula is C8H9BrCl2S. The molecule has 0 amide bonds. The summed E-state index contributed by atoms with van der Waals surface area (Å²) < 4.78 is 1.17. The fourth-order valence-corrected chi connectivity index (χ4v) is 3.06. The molecule has 0 radical (unpaired) electrons. The predicted octanol–water partition coefficient (Wildman–Crippen LogP) is 4.15. The van der Waals surface area contributed by atoms with Gasteiger partial charge in [-0.1, -0.05) is 0 Å². The van der Waals surface area contributed by atoms with Crippen molar-refractivity contribution < 1.29 is 0 Å². The van der Waals surface area contributed by atoms with Crippen molar-refractivity contribution in [2.45, 2.75) is 6.42 Å². The fourth-order valence-electron chi connectivity index (χ4n) is 0.883. The van der Waals surface area contributed by atoms with Gasteiger partial charge in [-0.2, -0.15) is 0 Å². The Morgan fingerprint density at radius 1 is 1.42 bits per heavy atom. The summed E-state index contributed by atoms with van der Waals surface area (Å²) in [6.07, 6.45) is 0.977. The molecule has 1 rings (SSSR count). The van der Waals surface area contributed by atoms with Crippen molar-refractivity contribution in [3.63, 3.8) is 0 Å². The van der Waals surface area contributed by atoms with Gasteiger partial charge in [-0.15, -0.1) is 34.5 Å². The van der Waals surface area contributed by atoms with Gasteiger partial charge in [0.2, 0.25) is 0 Å². The molecule has 0 spiro atoms. The van der Waals surface area contributed by atoms with Crippen molar-refractivity contribution >= 4 is 50.5 Å². The Bertz CT molecular complexity index is 233. The summed E-state index contributed by atoms with van der Waals surface area (Å²) in [5.41, 5.74) is 0. The van der Waals surface area contributed by atoms with E-state index in [2.05, 4.69) is 27.4 Å². The van der Waals surface area contributed by atoms with Crippen LogP contribution in [0.25, 0.3) is 0 Å². The van der Waals surface area contributed by atoms with Crippen molar-refractivity contribution in [1.82, 2.24) is 0 Å². The van der Waals surface area contributed by atoms with Crippen LogP contribution in [0.15, 0.2) is 15.9 Å². The van der Waals surface area contributed by atoms with E-state index in [0.717, 1.165) is 6.42 Å². The van der Waals surface area contributed by atoms with Gasteiger partial charge in [0.05, 0.1) is 0 Å². The molecule has 0 aliphatic heterocycles. The second-order valence-corrected chi connectivity index (χ2v) is 5.04. The molecule has 0 atom stereocenters. The first-order valence-corrected chi connectivity index (χ1v) is 6.36. The fraction of sp³-hybridized carbons (Fsp3) is 0.500. The Hall–Kier alpha value is 0.760. The zero-order chi connectivity index (χ0) is 8.97. The van der Waals surface area contributed by atoms with Gasteiger partial charge < -0.3 is 0 Å². The maximum absolute atomic E-state index is 5.74. The molecular weight excluding hydrogens is 279 g/mol. The maximum atomic E-state index is 5.74. The lowest BCUT2D eigenvalue weighted by atomic mass is 10.1. The van der Waals surface area contributed by atoms with E-state index in [1.165, 1.54) is 9.35 Å². The molecule has 1 aromatic heterocycles. The van der Waals surface area contributed by atoms with E-state index in [9.17, 15) is 0 Å². The summed E-state index contributed by atoms with van der Waals surface area (Å²) in [5, 5.41) is 2.07. The average Bonchev–Trinajstić information content (AvgIpc) is 2.47. The monoisotopic (exact) mass is 286 g/mol. The van der Waals surface area contributed by atoms with E-state index in [1.807, 2.05) is 0 Å². The van der Waals surface area contributed by atoms with E-state index in [1.54, 1.807) is 11.3 Å². The van der Waals surface area contributed by atoms with Crippen LogP contribution in [0.4, 0.5) is 0 Å². The van der Waals surface area contributed by atoms with E-state index in [0.29, 0.717) is 17.7 Å². The molecule has 4 heteroatoms. The summed E-state index contributed by atoms with van der Waals surface area (Å²) in [4.78, 5) is 1.33. The number of alkyl halides is 2. The quantitative estimate of drug-likeness (QED) is 0.730. The molecule has 0 N–H and O–H groups in total. The molecule has 0 bridgehead atoms. The minimum Gasteiger partial charge on any atom is -0.148 e. The molecule has 0 nitrogen and oxygen atoms in total. The molecule has 0 saturated heterocycles. The molecule has 68 valence electrons. The summed E-state index contributed by atoms with van der Waals surface area (Å²) in [6.45, 7) is 0. The predicted molar refractivity (Wildman–Crippen MR) is 60.7 cm³/mol. The molecule has 0 saturated carbocycles. The van der Waals surface area contributed by atoms with Crippen molar-refractivity contribution in [1.29, 1.82) is 0 Å². The van der Waals surface area contributed by atoms with Crippen molar-refractivity contribution in [2.24, 2.45) is 5.92 Å². The van der Waals surface area contributed by atoms with Crippen LogP contribution in [0.1, 0.15) is 4.88 Å². The van der Waals surface area contributed by atoms with Gasteiger partial charge >= 0.3 is 0 Å². The van der Waals surface area contributed by atoms with Crippen LogP contribution in [0.2, 0.25) is 0 Å². The Morgan fingerprint density at radius 2 is 2.08 bits per heavy atom. The summed E-state index contributed by atoms with van der Waals surface area (Å²) in [6, 6.07) is 2.06. The number of hydrogen-bond acceptors (Lipinski definition) is 1. The highest BCUT2D eigenvalue weighted by Crippen LogP contribution is 2.26. The van der Waals surface area contributed by atoms with Gasteiger partial charge in [-0.05, 0) is 39.7 Å². The zero-order valence-electron chi connectivity index (χ0n) is 6.40. The molecule has 0 unspecified atom stereocenters. The maximum Gasteiger partial charge on any atom is 0.0314 e. The van der Waals surface area contributed by atoms with Crippen LogP contribution in [0.5, 0.6) is 0 Å². The second kappa shape index (κ2) is 5.48. The standard InChI is InChI=1S/C8H9BrCl2S/c9-7-1-2-12-8(7)3-6(4-10)5-11/h1-2,6H,3-5H2. The second-order valence-electron chi connectivity index (χ2n) is 2.57. The first-order valence-electron chi connectivity index (χ1n) is 3.61. The lowest BCUT2D eigenvalue weighted by molar-refractivity contribution is 0.668. The highest BCUT2D eigenvalue weighted by molar-refractivity contribution is 9.10. The van der Waals surface area contributed by atoms with Crippen LogP contribution in [0.3, 0.4) is 0 Å². The third-order valence-electron chi connectivity index (χ3n) is 1.60. The van der Waals surface area contributed by atoms with Gasteiger partial charge in [0.25, 0.3) is 0 Å². The molecule has 0 fully saturated rings. The first-order chi connectivity index (χ1) is 5.77. The summed E-state index contributed by atoms with van der Waals surface area (Å²) >= 11 is 16.7. The lowest BCUT2D eigenvalue weighted by Gasteiger charge is -2.07. The van der Waals surface area contributed by atoms with Gasteiger partial charge in [-0.3, -0.25) is 0 Å². The van der Waals surface area contributed by atoms with Crippen LogP contribution in [0, 0.1) is 5.92 Å². The van der Waals surface area contributed by atoms with E-state index < -0.39 is 0 Å². The van der Waals surface area contributed by atoms with E-state index in [4.69, 9.17) is 23.2 Å². The average molecular weight is 288 g/mol. The summed E-state index contributed by atoms with van der Waals surface area (Å²) in [7, 11) is 0. The Balaban J connectivity index is 2.56. The van der Waals surface area contributed by atoms with Gasteiger partial charge in [0.1, 0.15) is 0 Å². The highest BCUT2D eigenvalue weighted by Gasteiger charge is 2.10. The van der Waals surface area contributed by atoms with Crippen molar-refractivity contribution in [3.05, 3.63) is 20.8 Å². The van der Waals surface area contributed by atoms with Crippen molar-refractivity contribution in [3.8, 4) is 0 Å². The molecule has 0 aromatic carbocycles. The first kappa shape index (κ1) is 10.8. The Morgan fingerprint density at radius 3 is 2.50 bits per heavy atom. The van der Waals surface area contributed by atoms with Crippen molar-refractivity contribution in [2.75, 3.05) is 11.8 Å². The highest BCUT2D eigenvalue weighted by atomic mass is 79.9. The SMILES string of the molecule is ClCC(CCl)Cc1sccc1Br. The number of halogens is 3. The molecule has 0 aliphatic carbocycles. The third kappa shape index (κ3) is 2.91. The largest absolute Gasteiger partial charge is 0.148 e. The lowest BCUT2D eigenvalue weighted by Crippen LogP contribution is -2.07. The van der Waals surface area contributed by atoms with E-state index in [-0.39, 0.29) is 0 Å². The zero-order valence-corrected chi connectivity index (χ0v) is 10.3. The van der Waals surface area contributed by atoms with Gasteiger partial charge in [0.15, 0.2) is 0 Å². The van der Waals surface area contributed by atoms with Crippen LogP contribution in [-0.2, 0) is 6.42 Å². The van der Waals surface area contributed by atoms with E-state index >= 15 is 0 Å². The minimum absolute atomic E-state index is 0.392. The smallest absolute Gasteiger partial charge is 0.0314 e. The topological polar surface area (TPSA) is 0 Å². The molecule has 1 aromatic rings. The Kier molecular flexibility index (Phi) is 4.95. The normalized spacial score (nSPS) is 11.0. The minimum atomic E-state index is 0.392. The number of rotatable bonds is 4. The van der Waals surface area contributed by atoms with Crippen LogP contribution in [-0.4, -0.2) is 11.8 Å². The number of hydrogen-bond donors (Lipinski definition) is 0. The van der Waals surface area contributed by atoms with Crippen LogP contribution < -0.4 is 0 Å². The third-order valence-corrected chi connectivity index (χ3v) is 4.42. The Labute approximate surface area is 95.0 Å². The molecule has 1 heterocycles. The van der Waals surface area contributed by atoms with Crippen LogP contribution >= 0.6 is 50.5 Å². The van der Waals surface area contributed by atoms with Gasteiger partial charge in [-0.25, -0.2) is 0 Å².